The van der Waals surface area contributed by atoms with E-state index >= 15 is 0 Å². The third-order valence-corrected chi connectivity index (χ3v) is 5.51. The molecule has 2 aliphatic rings. The van der Waals surface area contributed by atoms with E-state index in [-0.39, 0.29) is 17.6 Å². The number of carbonyl (C=O) groups excluding carboxylic acids is 1. The van der Waals surface area contributed by atoms with Crippen molar-refractivity contribution in [1.82, 2.24) is 9.91 Å². The zero-order valence-electron chi connectivity index (χ0n) is 16.6. The molecule has 2 aliphatic heterocycles. The average Bonchev–Trinajstić information content (AvgIpc) is 3.24. The number of morpholine rings is 1. The molecule has 2 aromatic carbocycles. The highest BCUT2D eigenvalue weighted by molar-refractivity contribution is 6.03. The van der Waals surface area contributed by atoms with Gasteiger partial charge in [-0.1, -0.05) is 42.5 Å². The highest BCUT2D eigenvalue weighted by atomic mass is 16.6. The van der Waals surface area contributed by atoms with Gasteiger partial charge < -0.3 is 4.74 Å². The minimum atomic E-state index is -0.421. The molecule has 156 valence electrons. The second-order valence-corrected chi connectivity index (χ2v) is 7.42. The highest BCUT2D eigenvalue weighted by Crippen LogP contribution is 2.34. The summed E-state index contributed by atoms with van der Waals surface area (Å²) in [5.74, 6) is -0.0456. The Morgan fingerprint density at radius 3 is 2.47 bits per heavy atom. The molecule has 1 atom stereocenters. The van der Waals surface area contributed by atoms with Crippen LogP contribution in [0.1, 0.15) is 30.0 Å². The van der Waals surface area contributed by atoms with E-state index in [1.807, 2.05) is 30.3 Å². The van der Waals surface area contributed by atoms with Crippen LogP contribution >= 0.6 is 0 Å². The Morgan fingerprint density at radius 2 is 1.80 bits per heavy atom. The third-order valence-electron chi connectivity index (χ3n) is 5.51. The van der Waals surface area contributed by atoms with Crippen molar-refractivity contribution in [2.45, 2.75) is 18.9 Å². The molecule has 0 saturated carbocycles. The Kier molecular flexibility index (Phi) is 6.15. The van der Waals surface area contributed by atoms with Crippen molar-refractivity contribution in [3.63, 3.8) is 0 Å². The van der Waals surface area contributed by atoms with Crippen molar-refractivity contribution in [3.05, 3.63) is 75.8 Å². The van der Waals surface area contributed by atoms with Gasteiger partial charge in [-0.05, 0) is 11.1 Å². The molecule has 0 unspecified atom stereocenters. The molecule has 1 saturated heterocycles. The van der Waals surface area contributed by atoms with Crippen molar-refractivity contribution in [2.24, 2.45) is 5.10 Å². The van der Waals surface area contributed by atoms with Gasteiger partial charge >= 0.3 is 0 Å². The minimum Gasteiger partial charge on any atom is -0.379 e. The van der Waals surface area contributed by atoms with Crippen LogP contribution in [-0.2, 0) is 9.53 Å². The van der Waals surface area contributed by atoms with Crippen LogP contribution in [0, 0.1) is 10.1 Å². The van der Waals surface area contributed by atoms with Gasteiger partial charge in [0.05, 0.1) is 29.9 Å². The SMILES string of the molecule is O=C(CCN1CCOCC1)N1N=C(c2ccccc2)C[C@@H]1c1ccc([N+](=O)[O-])cc1. The van der Waals surface area contributed by atoms with E-state index < -0.39 is 4.92 Å². The van der Waals surface area contributed by atoms with Gasteiger partial charge in [0, 0.05) is 44.6 Å². The van der Waals surface area contributed by atoms with Gasteiger partial charge in [0.15, 0.2) is 0 Å². The Balaban J connectivity index is 1.54. The van der Waals surface area contributed by atoms with Crippen LogP contribution in [0.15, 0.2) is 59.7 Å². The number of benzene rings is 2. The van der Waals surface area contributed by atoms with E-state index in [0.29, 0.717) is 32.6 Å². The molecule has 0 spiro atoms. The molecule has 4 rings (SSSR count). The van der Waals surface area contributed by atoms with Crippen molar-refractivity contribution in [3.8, 4) is 0 Å². The Morgan fingerprint density at radius 1 is 1.10 bits per heavy atom. The maximum Gasteiger partial charge on any atom is 0.269 e. The lowest BCUT2D eigenvalue weighted by molar-refractivity contribution is -0.384. The first kappa shape index (κ1) is 20.2. The Hall–Kier alpha value is -3.10. The molecule has 0 aromatic heterocycles. The first-order chi connectivity index (χ1) is 14.6. The van der Waals surface area contributed by atoms with Gasteiger partial charge in [-0.25, -0.2) is 5.01 Å². The number of hydrogen-bond donors (Lipinski definition) is 0. The molecule has 0 aliphatic carbocycles. The number of rotatable bonds is 6. The van der Waals surface area contributed by atoms with Crippen molar-refractivity contribution < 1.29 is 14.5 Å². The summed E-state index contributed by atoms with van der Waals surface area (Å²) in [6.45, 7) is 3.72. The van der Waals surface area contributed by atoms with Crippen LogP contribution in [0.5, 0.6) is 0 Å². The van der Waals surface area contributed by atoms with Crippen LogP contribution in [0.3, 0.4) is 0 Å². The maximum absolute atomic E-state index is 13.1. The zero-order chi connectivity index (χ0) is 20.9. The normalized spacial score (nSPS) is 19.5. The largest absolute Gasteiger partial charge is 0.379 e. The molecule has 1 amide bonds. The lowest BCUT2D eigenvalue weighted by atomic mass is 9.98. The van der Waals surface area contributed by atoms with Crippen LogP contribution in [0.4, 0.5) is 5.69 Å². The predicted molar refractivity (Wildman–Crippen MR) is 112 cm³/mol. The summed E-state index contributed by atoms with van der Waals surface area (Å²) in [6, 6.07) is 15.9. The van der Waals surface area contributed by atoms with Gasteiger partial charge in [0.25, 0.3) is 5.69 Å². The summed E-state index contributed by atoms with van der Waals surface area (Å²) < 4.78 is 5.36. The predicted octanol–water partition coefficient (Wildman–Crippen LogP) is 2.99. The van der Waals surface area contributed by atoms with Crippen LogP contribution in [0.25, 0.3) is 0 Å². The van der Waals surface area contributed by atoms with Crippen molar-refractivity contribution >= 4 is 17.3 Å². The quantitative estimate of drug-likeness (QED) is 0.542. The number of nitro benzene ring substituents is 1. The third kappa shape index (κ3) is 4.55. The fourth-order valence-corrected chi connectivity index (χ4v) is 3.82. The van der Waals surface area contributed by atoms with Gasteiger partial charge in [-0.2, -0.15) is 5.10 Å². The van der Waals surface area contributed by atoms with Gasteiger partial charge in [0.2, 0.25) is 5.91 Å². The number of ether oxygens (including phenoxy) is 1. The first-order valence-electron chi connectivity index (χ1n) is 10.1. The Bertz CT molecular complexity index is 924. The van der Waals surface area contributed by atoms with E-state index in [4.69, 9.17) is 4.74 Å². The molecule has 2 heterocycles. The van der Waals surface area contributed by atoms with E-state index in [0.717, 1.165) is 29.9 Å². The molecular formula is C22H24N4O4. The molecule has 8 heteroatoms. The second kappa shape index (κ2) is 9.15. The summed E-state index contributed by atoms with van der Waals surface area (Å²) in [7, 11) is 0. The standard InChI is InChI=1S/C22H24N4O4/c27-22(10-11-24-12-14-30-15-13-24)25-21(18-6-8-19(9-7-18)26(28)29)16-20(23-25)17-4-2-1-3-5-17/h1-9,21H,10-16H2/t21-/m1/s1. The van der Waals surface area contributed by atoms with Gasteiger partial charge in [-0.15, -0.1) is 0 Å². The minimum absolute atomic E-state index is 0.0335. The maximum atomic E-state index is 13.1. The average molecular weight is 408 g/mol. The molecule has 8 nitrogen and oxygen atoms in total. The lowest BCUT2D eigenvalue weighted by Crippen LogP contribution is -2.39. The smallest absolute Gasteiger partial charge is 0.269 e. The Labute approximate surface area is 174 Å². The fraction of sp³-hybridized carbons (Fsp3) is 0.364. The topological polar surface area (TPSA) is 88.3 Å². The summed E-state index contributed by atoms with van der Waals surface area (Å²) in [5.41, 5.74) is 2.70. The van der Waals surface area contributed by atoms with E-state index in [2.05, 4.69) is 10.0 Å². The zero-order valence-corrected chi connectivity index (χ0v) is 16.6. The molecular weight excluding hydrogens is 384 g/mol. The number of nitro groups is 1. The number of hydrazone groups is 1. The molecule has 30 heavy (non-hydrogen) atoms. The summed E-state index contributed by atoms with van der Waals surface area (Å²) in [6.07, 6.45) is 0.945. The molecule has 0 N–H and O–H groups in total. The first-order valence-corrected chi connectivity index (χ1v) is 10.1. The number of amides is 1. The van der Waals surface area contributed by atoms with E-state index in [1.165, 1.54) is 12.1 Å². The van der Waals surface area contributed by atoms with Crippen LogP contribution in [0.2, 0.25) is 0 Å². The second-order valence-electron chi connectivity index (χ2n) is 7.42. The molecule has 1 fully saturated rings. The fourth-order valence-electron chi connectivity index (χ4n) is 3.82. The summed E-state index contributed by atoms with van der Waals surface area (Å²) in [4.78, 5) is 25.9. The van der Waals surface area contributed by atoms with Crippen molar-refractivity contribution in [1.29, 1.82) is 0 Å². The number of nitrogens with zero attached hydrogens (tertiary/aromatic N) is 4. The van der Waals surface area contributed by atoms with Crippen molar-refractivity contribution in [2.75, 3.05) is 32.8 Å². The van der Waals surface area contributed by atoms with E-state index in [9.17, 15) is 14.9 Å². The monoisotopic (exact) mass is 408 g/mol. The van der Waals surface area contributed by atoms with Gasteiger partial charge in [0.1, 0.15) is 0 Å². The number of non-ortho nitro benzene ring substituents is 1. The molecule has 0 bridgehead atoms. The lowest BCUT2D eigenvalue weighted by Gasteiger charge is -2.27. The number of hydrogen-bond acceptors (Lipinski definition) is 6. The van der Waals surface area contributed by atoms with E-state index in [1.54, 1.807) is 17.1 Å². The molecule has 0 radical (unpaired) electrons. The summed E-state index contributed by atoms with van der Waals surface area (Å²) >= 11 is 0. The van der Waals surface area contributed by atoms with Crippen LogP contribution < -0.4 is 0 Å². The van der Waals surface area contributed by atoms with Crippen LogP contribution in [-0.4, -0.2) is 59.3 Å². The summed E-state index contributed by atoms with van der Waals surface area (Å²) in [5, 5.41) is 17.2. The number of carbonyl (C=O) groups is 1. The highest BCUT2D eigenvalue weighted by Gasteiger charge is 2.33. The van der Waals surface area contributed by atoms with Gasteiger partial charge in [-0.3, -0.25) is 19.8 Å². The molecule has 2 aromatic rings.